The van der Waals surface area contributed by atoms with Crippen LogP contribution in [0.5, 0.6) is 0 Å². The molecule has 2 aromatic heterocycles. The molecular formula is C18H20N6. The smallest absolute Gasteiger partial charge is 0.132 e. The number of aromatic amines is 1. The van der Waals surface area contributed by atoms with E-state index in [1.54, 1.807) is 6.20 Å². The predicted molar refractivity (Wildman–Crippen MR) is 95.2 cm³/mol. The summed E-state index contributed by atoms with van der Waals surface area (Å²) in [5.41, 5.74) is 3.39. The molecule has 0 spiro atoms. The molecule has 122 valence electrons. The second kappa shape index (κ2) is 6.72. The van der Waals surface area contributed by atoms with E-state index in [1.165, 1.54) is 5.56 Å². The minimum absolute atomic E-state index is 0.818. The van der Waals surface area contributed by atoms with Gasteiger partial charge in [-0.25, -0.2) is 9.97 Å². The molecule has 1 aliphatic rings. The fraction of sp³-hybridized carbons (Fsp3) is 0.222. The molecule has 0 unspecified atom stereocenters. The first-order valence-corrected chi connectivity index (χ1v) is 8.12. The Morgan fingerprint density at radius 1 is 1.17 bits per heavy atom. The molecule has 1 aliphatic heterocycles. The highest BCUT2D eigenvalue weighted by molar-refractivity contribution is 5.63. The number of pyridine rings is 1. The highest BCUT2D eigenvalue weighted by Crippen LogP contribution is 2.24. The molecule has 0 amide bonds. The van der Waals surface area contributed by atoms with Crippen molar-refractivity contribution in [1.82, 2.24) is 19.9 Å². The molecule has 0 fully saturated rings. The van der Waals surface area contributed by atoms with Gasteiger partial charge < -0.3 is 15.6 Å². The van der Waals surface area contributed by atoms with E-state index in [0.717, 1.165) is 49.2 Å². The maximum absolute atomic E-state index is 4.56. The number of H-pyrrole nitrogens is 1. The Hall–Kier alpha value is -2.86. The zero-order valence-electron chi connectivity index (χ0n) is 13.4. The van der Waals surface area contributed by atoms with Crippen molar-refractivity contribution in [2.24, 2.45) is 0 Å². The lowest BCUT2D eigenvalue weighted by atomic mass is 10.2. The van der Waals surface area contributed by atoms with E-state index < -0.39 is 0 Å². The van der Waals surface area contributed by atoms with Crippen molar-refractivity contribution >= 4 is 17.2 Å². The summed E-state index contributed by atoms with van der Waals surface area (Å²) in [4.78, 5) is 14.4. The van der Waals surface area contributed by atoms with Crippen LogP contribution in [0.25, 0.3) is 0 Å². The van der Waals surface area contributed by atoms with Crippen LogP contribution in [0.4, 0.5) is 17.2 Å². The van der Waals surface area contributed by atoms with Crippen molar-refractivity contribution in [3.8, 4) is 0 Å². The Balaban J connectivity index is 1.49. The van der Waals surface area contributed by atoms with Crippen molar-refractivity contribution in [3.63, 3.8) is 0 Å². The highest BCUT2D eigenvalue weighted by atomic mass is 15.2. The topological polar surface area (TPSA) is 68.9 Å². The van der Waals surface area contributed by atoms with E-state index in [4.69, 9.17) is 0 Å². The number of fused-ring (bicyclic) bond motifs is 1. The molecular weight excluding hydrogens is 300 g/mol. The third-order valence-electron chi connectivity index (χ3n) is 4.10. The van der Waals surface area contributed by atoms with Crippen LogP contribution in [0.2, 0.25) is 0 Å². The quantitative estimate of drug-likeness (QED) is 0.689. The first kappa shape index (κ1) is 14.7. The summed E-state index contributed by atoms with van der Waals surface area (Å²) in [5, 5.41) is 6.85. The second-order valence-electron chi connectivity index (χ2n) is 5.89. The van der Waals surface area contributed by atoms with Gasteiger partial charge in [-0.05, 0) is 12.1 Å². The van der Waals surface area contributed by atoms with Gasteiger partial charge in [-0.15, -0.1) is 0 Å². The van der Waals surface area contributed by atoms with Crippen LogP contribution in [-0.2, 0) is 13.1 Å². The van der Waals surface area contributed by atoms with Crippen LogP contribution in [0, 0.1) is 0 Å². The number of aromatic nitrogens is 3. The Kier molecular flexibility index (Phi) is 4.12. The molecule has 6 heteroatoms. The van der Waals surface area contributed by atoms with Crippen molar-refractivity contribution in [1.29, 1.82) is 0 Å². The van der Waals surface area contributed by atoms with Gasteiger partial charge >= 0.3 is 0 Å². The van der Waals surface area contributed by atoms with Gasteiger partial charge in [-0.2, -0.15) is 0 Å². The summed E-state index contributed by atoms with van der Waals surface area (Å²) < 4.78 is 0. The number of imidazole rings is 1. The van der Waals surface area contributed by atoms with Gasteiger partial charge in [0.25, 0.3) is 0 Å². The van der Waals surface area contributed by atoms with Crippen LogP contribution in [0.15, 0.2) is 55.0 Å². The first-order chi connectivity index (χ1) is 11.9. The zero-order valence-corrected chi connectivity index (χ0v) is 13.4. The standard InChI is InChI=1S/C18H20N6/c1-2-4-15(5-3-1)23-17-10-16-14(11-22-17)12-24(9-8-19-16)13-18-20-6-7-21-18/h1-7,10-11,19H,8-9,12-13H2,(H,20,21)(H,22,23). The van der Waals surface area contributed by atoms with E-state index in [-0.39, 0.29) is 0 Å². The molecule has 4 rings (SSSR count). The van der Waals surface area contributed by atoms with Gasteiger partial charge in [0.2, 0.25) is 0 Å². The fourth-order valence-electron chi connectivity index (χ4n) is 2.91. The monoisotopic (exact) mass is 320 g/mol. The van der Waals surface area contributed by atoms with Gasteiger partial charge in [0.15, 0.2) is 0 Å². The molecule has 0 aliphatic carbocycles. The highest BCUT2D eigenvalue weighted by Gasteiger charge is 2.16. The van der Waals surface area contributed by atoms with E-state index in [9.17, 15) is 0 Å². The molecule has 3 aromatic rings. The van der Waals surface area contributed by atoms with Crippen molar-refractivity contribution in [3.05, 3.63) is 66.4 Å². The largest absolute Gasteiger partial charge is 0.383 e. The summed E-state index contributed by atoms with van der Waals surface area (Å²) in [6.07, 6.45) is 5.61. The average Bonchev–Trinajstić information content (AvgIpc) is 3.02. The van der Waals surface area contributed by atoms with Crippen LogP contribution in [0.3, 0.4) is 0 Å². The van der Waals surface area contributed by atoms with Crippen molar-refractivity contribution < 1.29 is 0 Å². The lowest BCUT2D eigenvalue weighted by Crippen LogP contribution is -2.26. The van der Waals surface area contributed by atoms with Gasteiger partial charge in [-0.1, -0.05) is 18.2 Å². The van der Waals surface area contributed by atoms with Crippen LogP contribution < -0.4 is 10.6 Å². The molecule has 3 N–H and O–H groups in total. The van der Waals surface area contributed by atoms with Crippen LogP contribution >= 0.6 is 0 Å². The Morgan fingerprint density at radius 2 is 2.08 bits per heavy atom. The number of rotatable bonds is 4. The Morgan fingerprint density at radius 3 is 2.92 bits per heavy atom. The third-order valence-corrected chi connectivity index (χ3v) is 4.10. The molecule has 1 aromatic carbocycles. The normalized spacial score (nSPS) is 14.5. The summed E-state index contributed by atoms with van der Waals surface area (Å²) in [5.74, 6) is 1.85. The number of nitrogens with one attached hydrogen (secondary N) is 3. The van der Waals surface area contributed by atoms with Gasteiger partial charge in [0, 0.05) is 61.2 Å². The second-order valence-corrected chi connectivity index (χ2v) is 5.89. The maximum atomic E-state index is 4.56. The van der Waals surface area contributed by atoms with E-state index >= 15 is 0 Å². The average molecular weight is 320 g/mol. The number of para-hydroxylation sites is 1. The molecule has 6 nitrogen and oxygen atoms in total. The SMILES string of the molecule is c1ccc(Nc2cc3c(cn2)CN(Cc2ncc[nH]2)CCN3)cc1. The molecule has 3 heterocycles. The third kappa shape index (κ3) is 3.38. The molecule has 0 saturated heterocycles. The Labute approximate surface area is 141 Å². The fourth-order valence-corrected chi connectivity index (χ4v) is 2.91. The molecule has 0 bridgehead atoms. The zero-order chi connectivity index (χ0) is 16.2. The van der Waals surface area contributed by atoms with Crippen LogP contribution in [0.1, 0.15) is 11.4 Å². The Bertz CT molecular complexity index is 785. The predicted octanol–water partition coefficient (Wildman–Crippen LogP) is 2.98. The number of benzene rings is 1. The van der Waals surface area contributed by atoms with Gasteiger partial charge in [0.05, 0.1) is 6.54 Å². The maximum Gasteiger partial charge on any atom is 0.132 e. The molecule has 0 radical (unpaired) electrons. The van der Waals surface area contributed by atoms with E-state index in [2.05, 4.69) is 36.6 Å². The summed E-state index contributed by atoms with van der Waals surface area (Å²) in [6.45, 7) is 3.55. The molecule has 0 saturated carbocycles. The summed E-state index contributed by atoms with van der Waals surface area (Å²) in [6, 6.07) is 12.2. The molecule has 0 atom stereocenters. The number of anilines is 3. The minimum Gasteiger partial charge on any atom is -0.383 e. The number of hydrogen-bond donors (Lipinski definition) is 3. The summed E-state index contributed by atoms with van der Waals surface area (Å²) >= 11 is 0. The molecule has 24 heavy (non-hydrogen) atoms. The van der Waals surface area contributed by atoms with E-state index in [0.29, 0.717) is 0 Å². The summed E-state index contributed by atoms with van der Waals surface area (Å²) in [7, 11) is 0. The number of hydrogen-bond acceptors (Lipinski definition) is 5. The first-order valence-electron chi connectivity index (χ1n) is 8.12. The van der Waals surface area contributed by atoms with Crippen LogP contribution in [-0.4, -0.2) is 32.9 Å². The minimum atomic E-state index is 0.818. The number of nitrogens with zero attached hydrogens (tertiary/aromatic N) is 3. The van der Waals surface area contributed by atoms with Gasteiger partial charge in [-0.3, -0.25) is 4.90 Å². The van der Waals surface area contributed by atoms with Crippen molar-refractivity contribution in [2.45, 2.75) is 13.1 Å². The van der Waals surface area contributed by atoms with Gasteiger partial charge in [0.1, 0.15) is 11.6 Å². The van der Waals surface area contributed by atoms with E-state index in [1.807, 2.05) is 42.7 Å². The lowest BCUT2D eigenvalue weighted by molar-refractivity contribution is 0.265. The lowest BCUT2D eigenvalue weighted by Gasteiger charge is -2.18. The van der Waals surface area contributed by atoms with Crippen molar-refractivity contribution in [2.75, 3.05) is 23.7 Å².